The summed E-state index contributed by atoms with van der Waals surface area (Å²) in [6.07, 6.45) is 1.97. The van der Waals surface area contributed by atoms with Gasteiger partial charge in [0.1, 0.15) is 0 Å². The van der Waals surface area contributed by atoms with Gasteiger partial charge in [0.25, 0.3) is 0 Å². The van der Waals surface area contributed by atoms with Crippen LogP contribution < -0.4 is 16.0 Å². The Morgan fingerprint density at radius 2 is 1.71 bits per heavy atom. The first kappa shape index (κ1) is 17.5. The molecule has 0 aliphatic heterocycles. The highest BCUT2D eigenvalue weighted by Gasteiger charge is 2.07. The van der Waals surface area contributed by atoms with Crippen molar-refractivity contribution in [2.24, 2.45) is 5.92 Å². The molecule has 2 aromatic rings. The van der Waals surface area contributed by atoms with Gasteiger partial charge in [-0.3, -0.25) is 15.2 Å². The third-order valence-corrected chi connectivity index (χ3v) is 3.33. The summed E-state index contributed by atoms with van der Waals surface area (Å²) in [5.74, 6) is 0.967. The van der Waals surface area contributed by atoms with Gasteiger partial charge < -0.3 is 10.6 Å². The van der Waals surface area contributed by atoms with Crippen LogP contribution >= 0.6 is 0 Å². The van der Waals surface area contributed by atoms with E-state index in [-0.39, 0.29) is 11.9 Å². The van der Waals surface area contributed by atoms with Gasteiger partial charge >= 0.3 is 6.03 Å². The molecular formula is C17H23N5O2. The van der Waals surface area contributed by atoms with Crippen LogP contribution in [0.2, 0.25) is 0 Å². The zero-order valence-electron chi connectivity index (χ0n) is 14.1. The molecule has 7 heteroatoms. The van der Waals surface area contributed by atoms with Crippen molar-refractivity contribution in [1.82, 2.24) is 10.2 Å². The number of carbonyl (C=O) groups is 2. The predicted molar refractivity (Wildman–Crippen MR) is 95.1 cm³/mol. The largest absolute Gasteiger partial charge is 0.326 e. The van der Waals surface area contributed by atoms with E-state index in [0.29, 0.717) is 23.1 Å². The van der Waals surface area contributed by atoms with Gasteiger partial charge in [0, 0.05) is 30.1 Å². The molecule has 0 spiro atoms. The molecule has 4 N–H and O–H groups in total. The molecule has 2 rings (SSSR count). The Bertz CT molecular complexity index is 691. The fourth-order valence-corrected chi connectivity index (χ4v) is 2.12. The number of nitrogens with zero attached hydrogens (tertiary/aromatic N) is 1. The van der Waals surface area contributed by atoms with Gasteiger partial charge in [-0.05, 0) is 43.0 Å². The SMILES string of the molecule is CC(=O)Nc1ccc(NC(=O)Nc2cc(CCC(C)C)[nH]n2)cc1. The zero-order valence-corrected chi connectivity index (χ0v) is 14.1. The molecule has 1 heterocycles. The minimum Gasteiger partial charge on any atom is -0.326 e. The van der Waals surface area contributed by atoms with E-state index in [1.54, 1.807) is 24.3 Å². The highest BCUT2D eigenvalue weighted by molar-refractivity contribution is 5.99. The Balaban J connectivity index is 1.85. The number of hydrogen-bond donors (Lipinski definition) is 4. The van der Waals surface area contributed by atoms with Crippen molar-refractivity contribution in [2.75, 3.05) is 16.0 Å². The molecule has 128 valence electrons. The summed E-state index contributed by atoms with van der Waals surface area (Å²) in [6.45, 7) is 5.78. The van der Waals surface area contributed by atoms with Gasteiger partial charge in [-0.2, -0.15) is 5.10 Å². The molecule has 0 fully saturated rings. The van der Waals surface area contributed by atoms with Crippen LogP contribution in [0.25, 0.3) is 0 Å². The summed E-state index contributed by atoms with van der Waals surface area (Å²) in [6, 6.07) is 8.32. The first-order valence-corrected chi connectivity index (χ1v) is 7.92. The van der Waals surface area contributed by atoms with Crippen molar-refractivity contribution in [3.63, 3.8) is 0 Å². The summed E-state index contributed by atoms with van der Waals surface area (Å²) in [7, 11) is 0. The minimum atomic E-state index is -0.371. The topological polar surface area (TPSA) is 98.9 Å². The predicted octanol–water partition coefficient (Wildman–Crippen LogP) is 3.60. The van der Waals surface area contributed by atoms with Gasteiger partial charge in [0.2, 0.25) is 5.91 Å². The van der Waals surface area contributed by atoms with Gasteiger partial charge in [-0.15, -0.1) is 0 Å². The van der Waals surface area contributed by atoms with Gasteiger partial charge in [-0.1, -0.05) is 13.8 Å². The Morgan fingerprint density at radius 3 is 2.29 bits per heavy atom. The second kappa shape index (κ2) is 8.14. The van der Waals surface area contributed by atoms with E-state index in [1.807, 2.05) is 6.07 Å². The molecule has 1 aromatic heterocycles. The first-order chi connectivity index (χ1) is 11.4. The molecular weight excluding hydrogens is 306 g/mol. The summed E-state index contributed by atoms with van der Waals surface area (Å²) in [4.78, 5) is 22.9. The number of amides is 3. The molecule has 0 bridgehead atoms. The fraction of sp³-hybridized carbons (Fsp3) is 0.353. The standard InChI is InChI=1S/C17H23N5O2/c1-11(2)4-5-15-10-16(22-21-15)20-17(24)19-14-8-6-13(7-9-14)18-12(3)23/h6-11H,4-5H2,1-3H3,(H,18,23)(H3,19,20,21,22,24). The maximum atomic E-state index is 12.0. The molecule has 0 unspecified atom stereocenters. The van der Waals surface area contributed by atoms with E-state index < -0.39 is 0 Å². The lowest BCUT2D eigenvalue weighted by Crippen LogP contribution is -2.19. The van der Waals surface area contributed by atoms with Crippen LogP contribution in [0, 0.1) is 5.92 Å². The third-order valence-electron chi connectivity index (χ3n) is 3.33. The molecule has 7 nitrogen and oxygen atoms in total. The molecule has 0 radical (unpaired) electrons. The number of rotatable bonds is 6. The lowest BCUT2D eigenvalue weighted by atomic mass is 10.1. The summed E-state index contributed by atoms with van der Waals surface area (Å²) in [5.41, 5.74) is 2.30. The molecule has 0 saturated carbocycles. The quantitative estimate of drug-likeness (QED) is 0.651. The average Bonchev–Trinajstić information content (AvgIpc) is 2.94. The number of nitrogens with one attached hydrogen (secondary N) is 4. The first-order valence-electron chi connectivity index (χ1n) is 7.92. The number of anilines is 3. The Labute approximate surface area is 141 Å². The lowest BCUT2D eigenvalue weighted by Gasteiger charge is -2.07. The highest BCUT2D eigenvalue weighted by Crippen LogP contribution is 2.15. The number of aromatic amines is 1. The molecule has 1 aromatic carbocycles. The summed E-state index contributed by atoms with van der Waals surface area (Å²) in [5, 5.41) is 15.1. The van der Waals surface area contributed by atoms with Crippen molar-refractivity contribution in [3.05, 3.63) is 36.0 Å². The van der Waals surface area contributed by atoms with Crippen LogP contribution in [0.3, 0.4) is 0 Å². The van der Waals surface area contributed by atoms with Gasteiger partial charge in [0.05, 0.1) is 0 Å². The van der Waals surface area contributed by atoms with E-state index in [4.69, 9.17) is 0 Å². The van der Waals surface area contributed by atoms with Gasteiger partial charge in [-0.25, -0.2) is 4.79 Å². The third kappa shape index (κ3) is 5.75. The minimum absolute atomic E-state index is 0.139. The maximum absolute atomic E-state index is 12.0. The van der Waals surface area contributed by atoms with Crippen molar-refractivity contribution >= 4 is 29.1 Å². The second-order valence-corrected chi connectivity index (χ2v) is 6.05. The zero-order chi connectivity index (χ0) is 17.5. The van der Waals surface area contributed by atoms with E-state index >= 15 is 0 Å². The molecule has 0 aliphatic rings. The number of hydrogen-bond acceptors (Lipinski definition) is 3. The lowest BCUT2D eigenvalue weighted by molar-refractivity contribution is -0.114. The van der Waals surface area contributed by atoms with Crippen LogP contribution in [0.15, 0.2) is 30.3 Å². The van der Waals surface area contributed by atoms with Gasteiger partial charge in [0.15, 0.2) is 5.82 Å². The number of carbonyl (C=O) groups excluding carboxylic acids is 2. The Hall–Kier alpha value is -2.83. The smallest absolute Gasteiger partial charge is 0.324 e. The molecule has 0 saturated heterocycles. The fourth-order valence-electron chi connectivity index (χ4n) is 2.12. The average molecular weight is 329 g/mol. The maximum Gasteiger partial charge on any atom is 0.324 e. The number of aryl methyl sites for hydroxylation is 1. The van der Waals surface area contributed by atoms with Crippen LogP contribution in [0.4, 0.5) is 22.0 Å². The van der Waals surface area contributed by atoms with Crippen LogP contribution in [-0.2, 0) is 11.2 Å². The number of H-pyrrole nitrogens is 1. The van der Waals surface area contributed by atoms with Crippen molar-refractivity contribution in [1.29, 1.82) is 0 Å². The van der Waals surface area contributed by atoms with Crippen LogP contribution in [-0.4, -0.2) is 22.1 Å². The number of aromatic nitrogens is 2. The molecule has 24 heavy (non-hydrogen) atoms. The summed E-state index contributed by atoms with van der Waals surface area (Å²) < 4.78 is 0. The monoisotopic (exact) mass is 329 g/mol. The number of benzene rings is 1. The van der Waals surface area contributed by atoms with E-state index in [1.165, 1.54) is 6.92 Å². The van der Waals surface area contributed by atoms with Crippen molar-refractivity contribution in [3.8, 4) is 0 Å². The van der Waals surface area contributed by atoms with E-state index in [9.17, 15) is 9.59 Å². The normalized spacial score (nSPS) is 10.5. The molecule has 0 aliphatic carbocycles. The number of urea groups is 1. The Kier molecular flexibility index (Phi) is 5.95. The molecule has 0 atom stereocenters. The van der Waals surface area contributed by atoms with E-state index in [0.717, 1.165) is 18.5 Å². The summed E-state index contributed by atoms with van der Waals surface area (Å²) >= 11 is 0. The Morgan fingerprint density at radius 1 is 1.08 bits per heavy atom. The highest BCUT2D eigenvalue weighted by atomic mass is 16.2. The second-order valence-electron chi connectivity index (χ2n) is 6.05. The van der Waals surface area contributed by atoms with Crippen molar-refractivity contribution < 1.29 is 9.59 Å². The van der Waals surface area contributed by atoms with E-state index in [2.05, 4.69) is 40.0 Å². The van der Waals surface area contributed by atoms with Crippen molar-refractivity contribution in [2.45, 2.75) is 33.6 Å². The molecule has 3 amide bonds. The van der Waals surface area contributed by atoms with Crippen LogP contribution in [0.1, 0.15) is 32.9 Å². The van der Waals surface area contributed by atoms with Crippen LogP contribution in [0.5, 0.6) is 0 Å².